The lowest BCUT2D eigenvalue weighted by molar-refractivity contribution is 0.111. The van der Waals surface area contributed by atoms with Gasteiger partial charge in [0, 0.05) is 68.2 Å². The van der Waals surface area contributed by atoms with E-state index in [9.17, 15) is 5.11 Å². The lowest BCUT2D eigenvalue weighted by Gasteiger charge is -2.32. The van der Waals surface area contributed by atoms with E-state index in [1.165, 1.54) is 16.7 Å². The highest BCUT2D eigenvalue weighted by Gasteiger charge is 2.24. The molecule has 7 nitrogen and oxygen atoms in total. The predicted octanol–water partition coefficient (Wildman–Crippen LogP) is 4.92. The topological polar surface area (TPSA) is 69.5 Å². The highest BCUT2D eigenvalue weighted by molar-refractivity contribution is 5.94. The van der Waals surface area contributed by atoms with E-state index in [1.807, 2.05) is 6.20 Å². The maximum absolute atomic E-state index is 10.1. The van der Waals surface area contributed by atoms with Crippen LogP contribution in [0.15, 0.2) is 36.7 Å². The van der Waals surface area contributed by atoms with Gasteiger partial charge in [0.05, 0.1) is 6.10 Å². The van der Waals surface area contributed by atoms with E-state index < -0.39 is 0 Å². The molecule has 1 unspecified atom stereocenters. The van der Waals surface area contributed by atoms with Gasteiger partial charge in [-0.05, 0) is 57.2 Å². The summed E-state index contributed by atoms with van der Waals surface area (Å²) in [6, 6.07) is 9.76. The van der Waals surface area contributed by atoms with E-state index in [4.69, 9.17) is 9.97 Å². The smallest absolute Gasteiger partial charge is 0.224 e. The monoisotopic (exact) mass is 490 g/mol. The van der Waals surface area contributed by atoms with Crippen LogP contribution in [0.25, 0.3) is 22.2 Å². The average Bonchev–Trinajstić information content (AvgIpc) is 3.25. The maximum Gasteiger partial charge on any atom is 0.224 e. The van der Waals surface area contributed by atoms with Crippen LogP contribution in [0.2, 0.25) is 0 Å². The van der Waals surface area contributed by atoms with Gasteiger partial charge < -0.3 is 19.9 Å². The van der Waals surface area contributed by atoms with Crippen LogP contribution in [0.4, 0.5) is 5.95 Å². The quantitative estimate of drug-likeness (QED) is 0.467. The summed E-state index contributed by atoms with van der Waals surface area (Å²) in [4.78, 5) is 14.6. The highest BCUT2D eigenvalue weighted by atomic mass is 16.3. The number of likely N-dealkylation sites (N-methyl/N-ethyl adjacent to an activating group) is 1. The highest BCUT2D eigenvalue weighted by Crippen LogP contribution is 2.37. The summed E-state index contributed by atoms with van der Waals surface area (Å²) >= 11 is 0. The fourth-order valence-electron chi connectivity index (χ4n) is 5.72. The average molecular weight is 491 g/mol. The van der Waals surface area contributed by atoms with E-state index >= 15 is 0 Å². The molecule has 2 N–H and O–H groups in total. The van der Waals surface area contributed by atoms with E-state index in [0.29, 0.717) is 18.0 Å². The van der Waals surface area contributed by atoms with Gasteiger partial charge in [-0.3, -0.25) is 4.90 Å². The Morgan fingerprint density at radius 2 is 1.78 bits per heavy atom. The summed E-state index contributed by atoms with van der Waals surface area (Å²) in [7, 11) is 2.20. The van der Waals surface area contributed by atoms with Gasteiger partial charge >= 0.3 is 0 Å². The van der Waals surface area contributed by atoms with E-state index in [-0.39, 0.29) is 6.10 Å². The molecule has 0 amide bonds. The molecule has 1 aliphatic carbocycles. The van der Waals surface area contributed by atoms with E-state index in [0.717, 1.165) is 82.3 Å². The molecule has 3 aromatic rings. The normalized spacial score (nSPS) is 22.7. The SMILES string of the molecule is CCCC(C)Nc1ncc2c(-c3ccc(CN4CCN(C)CC4)cc3)cn([C@H]3CC[C@H](O)CC3)c2n1. The zero-order valence-corrected chi connectivity index (χ0v) is 22.2. The second kappa shape index (κ2) is 11.3. The summed E-state index contributed by atoms with van der Waals surface area (Å²) in [5, 5.41) is 14.7. The van der Waals surface area contributed by atoms with Gasteiger partial charge in [0.2, 0.25) is 5.95 Å². The number of nitrogens with one attached hydrogen (secondary N) is 1. The largest absolute Gasteiger partial charge is 0.393 e. The summed E-state index contributed by atoms with van der Waals surface area (Å²) in [6.07, 6.45) is 9.98. The van der Waals surface area contributed by atoms with Crippen molar-refractivity contribution >= 4 is 17.0 Å². The van der Waals surface area contributed by atoms with Crippen LogP contribution >= 0.6 is 0 Å². The number of aliphatic hydroxyl groups is 1. The number of hydrogen-bond donors (Lipinski definition) is 2. The molecule has 1 atom stereocenters. The maximum atomic E-state index is 10.1. The molecule has 0 radical (unpaired) electrons. The molecular weight excluding hydrogens is 448 g/mol. The number of piperazine rings is 1. The third-order valence-corrected chi connectivity index (χ3v) is 8.00. The van der Waals surface area contributed by atoms with Crippen molar-refractivity contribution in [2.45, 2.75) is 77.1 Å². The molecule has 0 spiro atoms. The minimum atomic E-state index is -0.169. The Bertz CT molecular complexity index is 1130. The minimum absolute atomic E-state index is 0.169. The Morgan fingerprint density at radius 1 is 1.06 bits per heavy atom. The molecule has 1 aliphatic heterocycles. The van der Waals surface area contributed by atoms with Gasteiger partial charge in [-0.1, -0.05) is 37.6 Å². The van der Waals surface area contributed by atoms with Crippen molar-refractivity contribution < 1.29 is 5.11 Å². The molecular formula is C29H42N6O. The summed E-state index contributed by atoms with van der Waals surface area (Å²) in [5.41, 5.74) is 4.76. The fraction of sp³-hybridized carbons (Fsp3) is 0.586. The number of rotatable bonds is 8. The predicted molar refractivity (Wildman–Crippen MR) is 147 cm³/mol. The summed E-state index contributed by atoms with van der Waals surface area (Å²) < 4.78 is 2.35. The van der Waals surface area contributed by atoms with Crippen molar-refractivity contribution in [3.63, 3.8) is 0 Å². The lowest BCUT2D eigenvalue weighted by atomic mass is 9.93. The number of fused-ring (bicyclic) bond motifs is 1. The third kappa shape index (κ3) is 5.74. The Morgan fingerprint density at radius 3 is 2.47 bits per heavy atom. The number of aliphatic hydroxyl groups excluding tert-OH is 1. The Balaban J connectivity index is 1.42. The molecule has 7 heteroatoms. The van der Waals surface area contributed by atoms with Crippen molar-refractivity contribution in [1.29, 1.82) is 0 Å². The molecule has 2 aromatic heterocycles. The van der Waals surface area contributed by atoms with Gasteiger partial charge in [0.25, 0.3) is 0 Å². The van der Waals surface area contributed by atoms with E-state index in [2.05, 4.69) is 71.0 Å². The number of benzene rings is 1. The lowest BCUT2D eigenvalue weighted by Crippen LogP contribution is -2.43. The summed E-state index contributed by atoms with van der Waals surface area (Å²) in [5.74, 6) is 0.702. The molecule has 2 fully saturated rings. The minimum Gasteiger partial charge on any atom is -0.393 e. The fourth-order valence-corrected chi connectivity index (χ4v) is 5.72. The van der Waals surface area contributed by atoms with Crippen LogP contribution in [0, 0.1) is 0 Å². The van der Waals surface area contributed by atoms with Crippen molar-refractivity contribution in [3.8, 4) is 11.1 Å². The molecule has 5 rings (SSSR count). The molecule has 3 heterocycles. The first kappa shape index (κ1) is 25.2. The van der Waals surface area contributed by atoms with Crippen LogP contribution in [-0.4, -0.2) is 74.8 Å². The van der Waals surface area contributed by atoms with Crippen LogP contribution in [0.3, 0.4) is 0 Å². The first-order valence-corrected chi connectivity index (χ1v) is 13.8. The third-order valence-electron chi connectivity index (χ3n) is 8.00. The van der Waals surface area contributed by atoms with Gasteiger partial charge in [0.15, 0.2) is 0 Å². The van der Waals surface area contributed by atoms with Gasteiger partial charge in [-0.2, -0.15) is 4.98 Å². The van der Waals surface area contributed by atoms with Crippen molar-refractivity contribution in [2.24, 2.45) is 0 Å². The second-order valence-electron chi connectivity index (χ2n) is 11.0. The number of nitrogens with zero attached hydrogens (tertiary/aromatic N) is 5. The molecule has 1 aromatic carbocycles. The van der Waals surface area contributed by atoms with Crippen LogP contribution < -0.4 is 5.32 Å². The standard InChI is InChI=1S/C29H42N6O/c1-4-5-21(2)31-29-30-18-26-27(20-35(28(26)32-29)24-10-12-25(36)13-11-24)23-8-6-22(7-9-23)19-34-16-14-33(3)15-17-34/h6-9,18,20-21,24-25,36H,4-5,10-17,19H2,1-3H3,(H,30,31,32)/t21?,24-,25-. The molecule has 1 saturated carbocycles. The van der Waals surface area contributed by atoms with Crippen molar-refractivity contribution in [2.75, 3.05) is 38.5 Å². The number of aromatic nitrogens is 3. The van der Waals surface area contributed by atoms with Crippen LogP contribution in [0.5, 0.6) is 0 Å². The first-order chi connectivity index (χ1) is 17.5. The van der Waals surface area contributed by atoms with Crippen molar-refractivity contribution in [3.05, 3.63) is 42.2 Å². The zero-order chi connectivity index (χ0) is 25.1. The van der Waals surface area contributed by atoms with Gasteiger partial charge in [-0.25, -0.2) is 4.98 Å². The molecule has 1 saturated heterocycles. The Labute approximate surface area is 215 Å². The van der Waals surface area contributed by atoms with Gasteiger partial charge in [-0.15, -0.1) is 0 Å². The van der Waals surface area contributed by atoms with Crippen LogP contribution in [-0.2, 0) is 6.54 Å². The second-order valence-corrected chi connectivity index (χ2v) is 11.0. The summed E-state index contributed by atoms with van der Waals surface area (Å²) in [6.45, 7) is 9.95. The molecule has 36 heavy (non-hydrogen) atoms. The Hall–Kier alpha value is -2.48. The Kier molecular flexibility index (Phi) is 7.89. The first-order valence-electron chi connectivity index (χ1n) is 13.8. The van der Waals surface area contributed by atoms with Gasteiger partial charge in [0.1, 0.15) is 5.65 Å². The molecule has 0 bridgehead atoms. The van der Waals surface area contributed by atoms with Crippen LogP contribution in [0.1, 0.15) is 64.0 Å². The van der Waals surface area contributed by atoms with E-state index in [1.54, 1.807) is 0 Å². The molecule has 2 aliphatic rings. The molecule has 194 valence electrons. The zero-order valence-electron chi connectivity index (χ0n) is 22.2. The number of hydrogen-bond acceptors (Lipinski definition) is 6. The van der Waals surface area contributed by atoms with Crippen molar-refractivity contribution in [1.82, 2.24) is 24.3 Å². The number of anilines is 1.